The second kappa shape index (κ2) is 13.5. The third-order valence-corrected chi connectivity index (χ3v) is 14.4. The van der Waals surface area contributed by atoms with E-state index in [0.717, 1.165) is 22.6 Å². The number of hydrogen-bond donors (Lipinski definition) is 0. The van der Waals surface area contributed by atoms with Crippen LogP contribution in [0.3, 0.4) is 0 Å². The smallest absolute Gasteiger partial charge is 0.150 e. The summed E-state index contributed by atoms with van der Waals surface area (Å²) in [6.07, 6.45) is -0.0659. The molecule has 0 amide bonds. The van der Waals surface area contributed by atoms with Gasteiger partial charge in [0, 0.05) is 38.2 Å². The molecule has 0 bridgehead atoms. The molecule has 66 heavy (non-hydrogen) atoms. The van der Waals surface area contributed by atoms with E-state index in [2.05, 4.69) is 244 Å². The van der Waals surface area contributed by atoms with Crippen molar-refractivity contribution >= 4 is 92.5 Å². The van der Waals surface area contributed by atoms with Crippen molar-refractivity contribution in [3.05, 3.63) is 241 Å². The lowest BCUT2D eigenvalue weighted by Crippen LogP contribution is -2.11. The van der Waals surface area contributed by atoms with Crippen LogP contribution in [0.5, 0.6) is 0 Å². The first-order valence-corrected chi connectivity index (χ1v) is 22.8. The number of nitrogens with zero attached hydrogens (tertiary/aromatic N) is 5. The molecule has 2 aliphatic rings. The Bertz CT molecular complexity index is 4200. The molecule has 13 aromatic rings. The summed E-state index contributed by atoms with van der Waals surface area (Å²) in [5.41, 5.74) is 10.6. The highest BCUT2D eigenvalue weighted by Crippen LogP contribution is 2.54. The summed E-state index contributed by atoms with van der Waals surface area (Å²) in [4.78, 5) is 5.52. The van der Waals surface area contributed by atoms with Crippen LogP contribution in [0.2, 0.25) is 0 Å². The average molecular weight is 842 g/mol. The molecule has 1 fully saturated rings. The van der Waals surface area contributed by atoms with E-state index >= 15 is 0 Å². The Balaban J connectivity index is 0.926. The van der Waals surface area contributed by atoms with Gasteiger partial charge in [-0.3, -0.25) is 5.01 Å². The van der Waals surface area contributed by atoms with E-state index in [0.29, 0.717) is 0 Å². The van der Waals surface area contributed by atoms with Gasteiger partial charge in [-0.15, -0.1) is 0 Å². The Morgan fingerprint density at radius 2 is 0.924 bits per heavy atom. The van der Waals surface area contributed by atoms with E-state index in [1.807, 2.05) is 0 Å². The molecule has 11 aromatic carbocycles. The van der Waals surface area contributed by atoms with E-state index in [4.69, 9.17) is 4.99 Å². The molecule has 5 heteroatoms. The van der Waals surface area contributed by atoms with E-state index in [1.165, 1.54) is 98.0 Å². The maximum atomic E-state index is 5.52. The second-order valence-electron chi connectivity index (χ2n) is 17.9. The third-order valence-electron chi connectivity index (χ3n) is 14.4. The van der Waals surface area contributed by atoms with Crippen LogP contribution >= 0.6 is 0 Å². The van der Waals surface area contributed by atoms with Crippen molar-refractivity contribution in [2.75, 3.05) is 0 Å². The summed E-state index contributed by atoms with van der Waals surface area (Å²) in [5.74, 6) is 1.01. The summed E-state index contributed by atoms with van der Waals surface area (Å²) in [7, 11) is 0. The lowest BCUT2D eigenvalue weighted by Gasteiger charge is -2.18. The third kappa shape index (κ3) is 5.06. The predicted molar refractivity (Wildman–Crippen MR) is 274 cm³/mol. The van der Waals surface area contributed by atoms with Gasteiger partial charge in [-0.1, -0.05) is 176 Å². The van der Waals surface area contributed by atoms with Gasteiger partial charge in [-0.25, -0.2) is 4.99 Å². The molecule has 0 saturated carbocycles. The van der Waals surface area contributed by atoms with Gasteiger partial charge < -0.3 is 9.13 Å². The lowest BCUT2D eigenvalue weighted by molar-refractivity contribution is 0.341. The van der Waals surface area contributed by atoms with E-state index in [-0.39, 0.29) is 12.3 Å². The van der Waals surface area contributed by atoms with Gasteiger partial charge in [0.15, 0.2) is 0 Å². The molecule has 0 radical (unpaired) electrons. The molecule has 3 unspecified atom stereocenters. The van der Waals surface area contributed by atoms with E-state index in [1.54, 1.807) is 0 Å². The van der Waals surface area contributed by atoms with Crippen molar-refractivity contribution in [3.8, 4) is 11.4 Å². The molecule has 308 valence electrons. The number of fused-ring (bicyclic) bond motifs is 12. The van der Waals surface area contributed by atoms with Crippen LogP contribution in [0.4, 0.5) is 0 Å². The first kappa shape index (κ1) is 35.9. The Hall–Kier alpha value is -8.51. The number of hydrazine groups is 1. The highest BCUT2D eigenvalue weighted by molar-refractivity contribution is 6.21. The van der Waals surface area contributed by atoms with Gasteiger partial charge in [0.2, 0.25) is 0 Å². The summed E-state index contributed by atoms with van der Waals surface area (Å²) in [6.45, 7) is 0. The molecule has 3 atom stereocenters. The molecule has 4 heterocycles. The average Bonchev–Trinajstić information content (AvgIpc) is 3.66. The van der Waals surface area contributed by atoms with Gasteiger partial charge in [0.1, 0.15) is 18.2 Å². The maximum absolute atomic E-state index is 5.52. The zero-order valence-electron chi connectivity index (χ0n) is 35.8. The molecule has 1 saturated heterocycles. The molecule has 2 aliphatic heterocycles. The van der Waals surface area contributed by atoms with Crippen LogP contribution in [-0.2, 0) is 0 Å². The highest BCUT2D eigenvalue weighted by atomic mass is 15.9. The fraction of sp³-hybridized carbons (Fsp3) is 0.0328. The molecule has 0 N–H and O–H groups in total. The Morgan fingerprint density at radius 3 is 1.71 bits per heavy atom. The number of para-hydroxylation sites is 2. The number of amidine groups is 1. The van der Waals surface area contributed by atoms with Gasteiger partial charge in [-0.05, 0) is 97.4 Å². The monoisotopic (exact) mass is 841 g/mol. The Morgan fingerprint density at radius 1 is 0.348 bits per heavy atom. The summed E-state index contributed by atoms with van der Waals surface area (Å²) in [5, 5.41) is 19.7. The van der Waals surface area contributed by atoms with Gasteiger partial charge >= 0.3 is 0 Å². The lowest BCUT2D eigenvalue weighted by atomic mass is 10.00. The number of rotatable bonds is 5. The van der Waals surface area contributed by atoms with Crippen molar-refractivity contribution in [2.24, 2.45) is 4.99 Å². The zero-order chi connectivity index (χ0) is 43.0. The standard InChI is InChI=1S/C61H39N5/c1-2-15-40(16-3-1)61-65-59(62-60(66(61)65)45-30-33-48-44(34-45)27-26-38-14-6-8-20-47(38)48)39-28-31-46(32-29-39)63-54-24-12-11-23-51(54)53-36-43-19-7-9-21-49(43)57(58(53)63)64-55-25-13-10-22-50(55)52-35-41-17-4-5-18-42(41)37-56(52)64/h1-37,59,61H. The minimum absolute atomic E-state index is 0.104. The molecule has 5 nitrogen and oxygen atoms in total. The molecule has 0 spiro atoms. The highest BCUT2D eigenvalue weighted by Gasteiger charge is 2.57. The van der Waals surface area contributed by atoms with E-state index < -0.39 is 0 Å². The topological polar surface area (TPSA) is 28.2 Å². The fourth-order valence-electron chi connectivity index (χ4n) is 11.4. The Kier molecular flexibility index (Phi) is 7.34. The molecule has 0 aliphatic carbocycles. The number of aliphatic imine (C=N–C) groups is 1. The van der Waals surface area contributed by atoms with Gasteiger partial charge in [-0.2, -0.15) is 5.01 Å². The fourth-order valence-corrected chi connectivity index (χ4v) is 11.4. The molecular formula is C61H39N5. The normalized spacial score (nSPS) is 17.0. The first-order valence-electron chi connectivity index (χ1n) is 22.8. The van der Waals surface area contributed by atoms with Crippen molar-refractivity contribution in [1.29, 1.82) is 0 Å². The molecular weight excluding hydrogens is 803 g/mol. The van der Waals surface area contributed by atoms with E-state index in [9.17, 15) is 0 Å². The maximum Gasteiger partial charge on any atom is 0.150 e. The minimum atomic E-state index is -0.170. The quantitative estimate of drug-likeness (QED) is 0.128. The predicted octanol–water partition coefficient (Wildman–Crippen LogP) is 15.2. The van der Waals surface area contributed by atoms with Crippen molar-refractivity contribution in [1.82, 2.24) is 19.2 Å². The first-order chi connectivity index (χ1) is 32.7. The summed E-state index contributed by atoms with van der Waals surface area (Å²) < 4.78 is 5.03. The zero-order valence-corrected chi connectivity index (χ0v) is 35.8. The summed E-state index contributed by atoms with van der Waals surface area (Å²) >= 11 is 0. The van der Waals surface area contributed by atoms with Crippen LogP contribution in [0.15, 0.2) is 229 Å². The van der Waals surface area contributed by atoms with Crippen molar-refractivity contribution in [3.63, 3.8) is 0 Å². The van der Waals surface area contributed by atoms with Crippen LogP contribution in [-0.4, -0.2) is 25.0 Å². The van der Waals surface area contributed by atoms with Gasteiger partial charge in [0.25, 0.3) is 0 Å². The van der Waals surface area contributed by atoms with Gasteiger partial charge in [0.05, 0.1) is 27.8 Å². The van der Waals surface area contributed by atoms with Crippen molar-refractivity contribution < 1.29 is 0 Å². The van der Waals surface area contributed by atoms with Crippen LogP contribution in [0, 0.1) is 0 Å². The molecule has 15 rings (SSSR count). The van der Waals surface area contributed by atoms with Crippen LogP contribution in [0.25, 0.3) is 98.1 Å². The SMILES string of the molecule is c1ccc(C2N3C(c4ccc5c(ccc6ccccc65)c4)=NC(c4ccc(-n5c6ccccc6c6cc7ccccc7c(-n7c8ccccc8c8cc9ccccc9cc87)c65)cc4)N23)cc1. The van der Waals surface area contributed by atoms with Crippen LogP contribution < -0.4 is 0 Å². The number of aromatic nitrogens is 2. The number of hydrogen-bond acceptors (Lipinski definition) is 3. The van der Waals surface area contributed by atoms with Crippen molar-refractivity contribution in [2.45, 2.75) is 12.3 Å². The molecule has 2 aromatic heterocycles. The minimum Gasteiger partial charge on any atom is -0.307 e. The Labute approximate surface area is 379 Å². The largest absolute Gasteiger partial charge is 0.307 e. The number of benzene rings is 11. The van der Waals surface area contributed by atoms with Crippen LogP contribution in [0.1, 0.15) is 29.0 Å². The second-order valence-corrected chi connectivity index (χ2v) is 17.9. The summed E-state index contributed by atoms with van der Waals surface area (Å²) in [6, 6.07) is 82.5.